The lowest BCUT2D eigenvalue weighted by atomic mass is 9.95. The van der Waals surface area contributed by atoms with Crippen molar-refractivity contribution < 1.29 is 14.3 Å². The normalized spacial score (nSPS) is 16.0. The number of aromatic nitrogens is 1. The van der Waals surface area contributed by atoms with E-state index in [9.17, 15) is 9.59 Å². The van der Waals surface area contributed by atoms with Crippen molar-refractivity contribution in [2.45, 2.75) is 32.7 Å². The lowest BCUT2D eigenvalue weighted by molar-refractivity contribution is -0.123. The van der Waals surface area contributed by atoms with Gasteiger partial charge in [-0.1, -0.05) is 11.6 Å². The van der Waals surface area contributed by atoms with Crippen LogP contribution in [0.15, 0.2) is 36.5 Å². The summed E-state index contributed by atoms with van der Waals surface area (Å²) in [5, 5.41) is 6.31. The summed E-state index contributed by atoms with van der Waals surface area (Å²) in [5.41, 5.74) is 1.59. The highest BCUT2D eigenvalue weighted by molar-refractivity contribution is 6.31. The van der Waals surface area contributed by atoms with E-state index in [0.29, 0.717) is 48.2 Å². The van der Waals surface area contributed by atoms with Crippen LogP contribution in [0.1, 0.15) is 25.3 Å². The molecule has 1 aliphatic rings. The molecule has 3 rings (SSSR count). The van der Waals surface area contributed by atoms with Gasteiger partial charge in [-0.05, 0) is 75.7 Å². The number of nitrogens with zero attached hydrogens (tertiary/aromatic N) is 2. The average molecular weight is 431 g/mol. The van der Waals surface area contributed by atoms with Gasteiger partial charge in [0.2, 0.25) is 11.8 Å². The van der Waals surface area contributed by atoms with Gasteiger partial charge in [-0.25, -0.2) is 4.98 Å². The van der Waals surface area contributed by atoms with Crippen LogP contribution in [0.3, 0.4) is 0 Å². The van der Waals surface area contributed by atoms with Gasteiger partial charge in [0.05, 0.1) is 18.8 Å². The molecule has 0 bridgehead atoms. The third-order valence-corrected chi connectivity index (χ3v) is 5.65. The Bertz CT molecular complexity index is 913. The predicted octanol–water partition coefficient (Wildman–Crippen LogP) is 3.73. The second-order valence-corrected chi connectivity index (χ2v) is 7.96. The number of pyridine rings is 1. The predicted molar refractivity (Wildman–Crippen MR) is 118 cm³/mol. The summed E-state index contributed by atoms with van der Waals surface area (Å²) >= 11 is 6.04. The molecule has 0 spiro atoms. The summed E-state index contributed by atoms with van der Waals surface area (Å²) in [6.45, 7) is 5.16. The van der Waals surface area contributed by atoms with Gasteiger partial charge in [0.1, 0.15) is 11.6 Å². The minimum atomic E-state index is -0.337. The van der Waals surface area contributed by atoms with E-state index in [1.54, 1.807) is 31.5 Å². The molecule has 2 aromatic rings. The van der Waals surface area contributed by atoms with Crippen LogP contribution in [0.4, 0.5) is 11.5 Å². The number of carbonyl (C=O) groups excluding carboxylic acids is 2. The zero-order chi connectivity index (χ0) is 21.7. The van der Waals surface area contributed by atoms with Crippen molar-refractivity contribution in [3.8, 4) is 5.75 Å². The van der Waals surface area contributed by atoms with Crippen LogP contribution in [0.2, 0.25) is 5.02 Å². The number of aryl methyl sites for hydroxylation is 1. The first-order valence-corrected chi connectivity index (χ1v) is 10.4. The molecule has 1 saturated heterocycles. The maximum Gasteiger partial charge on any atom is 0.241 e. The number of halogens is 1. The lowest BCUT2D eigenvalue weighted by Gasteiger charge is -2.34. The van der Waals surface area contributed by atoms with Crippen LogP contribution in [0.5, 0.6) is 5.75 Å². The Morgan fingerprint density at radius 2 is 1.93 bits per heavy atom. The number of carbonyl (C=O) groups is 2. The smallest absolute Gasteiger partial charge is 0.241 e. The van der Waals surface area contributed by atoms with Crippen molar-refractivity contribution in [1.82, 2.24) is 9.88 Å². The van der Waals surface area contributed by atoms with E-state index < -0.39 is 0 Å². The number of anilines is 2. The van der Waals surface area contributed by atoms with E-state index >= 15 is 0 Å². The lowest BCUT2D eigenvalue weighted by Crippen LogP contribution is -2.47. The number of ether oxygens (including phenoxy) is 1. The molecule has 1 unspecified atom stereocenters. The summed E-state index contributed by atoms with van der Waals surface area (Å²) in [4.78, 5) is 31.6. The minimum Gasteiger partial charge on any atom is -0.495 e. The second-order valence-electron chi connectivity index (χ2n) is 7.53. The number of rotatable bonds is 6. The molecule has 1 fully saturated rings. The molecule has 7 nitrogen and oxygen atoms in total. The van der Waals surface area contributed by atoms with E-state index in [1.807, 2.05) is 26.0 Å². The van der Waals surface area contributed by atoms with Crippen molar-refractivity contribution >= 4 is 34.9 Å². The number of hydrogen-bond donors (Lipinski definition) is 2. The van der Waals surface area contributed by atoms with Gasteiger partial charge in [-0.2, -0.15) is 0 Å². The van der Waals surface area contributed by atoms with Crippen LogP contribution >= 0.6 is 11.6 Å². The number of amides is 2. The highest BCUT2D eigenvalue weighted by Gasteiger charge is 2.30. The van der Waals surface area contributed by atoms with Crippen molar-refractivity contribution in [3.05, 3.63) is 47.1 Å². The van der Waals surface area contributed by atoms with Crippen molar-refractivity contribution in [2.75, 3.05) is 30.8 Å². The van der Waals surface area contributed by atoms with Gasteiger partial charge in [0, 0.05) is 17.1 Å². The van der Waals surface area contributed by atoms with Crippen LogP contribution in [-0.4, -0.2) is 47.9 Å². The zero-order valence-corrected chi connectivity index (χ0v) is 18.2. The average Bonchev–Trinajstić information content (AvgIpc) is 2.73. The number of methoxy groups -OCH3 is 1. The van der Waals surface area contributed by atoms with E-state index in [-0.39, 0.29) is 23.8 Å². The molecule has 2 N–H and O–H groups in total. The van der Waals surface area contributed by atoms with Gasteiger partial charge in [-0.3, -0.25) is 14.5 Å². The van der Waals surface area contributed by atoms with Crippen LogP contribution in [-0.2, 0) is 9.59 Å². The molecule has 8 heteroatoms. The minimum absolute atomic E-state index is 0.0199. The molecule has 0 radical (unpaired) electrons. The highest BCUT2D eigenvalue weighted by Crippen LogP contribution is 2.28. The van der Waals surface area contributed by atoms with E-state index in [1.165, 1.54) is 0 Å². The van der Waals surface area contributed by atoms with E-state index in [4.69, 9.17) is 16.3 Å². The molecule has 2 amide bonds. The summed E-state index contributed by atoms with van der Waals surface area (Å²) in [7, 11) is 1.55. The third-order valence-electron chi connectivity index (χ3n) is 5.41. The van der Waals surface area contributed by atoms with Gasteiger partial charge in [0.25, 0.3) is 0 Å². The van der Waals surface area contributed by atoms with Crippen LogP contribution in [0.25, 0.3) is 0 Å². The SMILES string of the molecule is COc1ccc(Cl)cc1NC(=O)C(C)N1CCC(C(=O)Nc2cc(C)ccn2)CC1. The molecule has 1 aliphatic heterocycles. The molecule has 1 aromatic carbocycles. The van der Waals surface area contributed by atoms with Gasteiger partial charge >= 0.3 is 0 Å². The highest BCUT2D eigenvalue weighted by atomic mass is 35.5. The Morgan fingerprint density at radius 1 is 1.20 bits per heavy atom. The molecular formula is C22H27ClN4O3. The zero-order valence-electron chi connectivity index (χ0n) is 17.4. The van der Waals surface area contributed by atoms with Crippen LogP contribution < -0.4 is 15.4 Å². The van der Waals surface area contributed by atoms with Crippen LogP contribution in [0, 0.1) is 12.8 Å². The molecular weight excluding hydrogens is 404 g/mol. The maximum atomic E-state index is 12.7. The number of hydrogen-bond acceptors (Lipinski definition) is 5. The molecule has 30 heavy (non-hydrogen) atoms. The number of nitrogens with one attached hydrogen (secondary N) is 2. The molecule has 0 saturated carbocycles. The fourth-order valence-corrected chi connectivity index (χ4v) is 3.73. The van der Waals surface area contributed by atoms with Gasteiger partial charge < -0.3 is 15.4 Å². The molecule has 1 atom stereocenters. The van der Waals surface area contributed by atoms with E-state index in [0.717, 1.165) is 5.56 Å². The third kappa shape index (κ3) is 5.49. The molecule has 0 aliphatic carbocycles. The van der Waals surface area contributed by atoms with E-state index in [2.05, 4.69) is 20.5 Å². The fraction of sp³-hybridized carbons (Fsp3) is 0.409. The van der Waals surface area contributed by atoms with Gasteiger partial charge in [-0.15, -0.1) is 0 Å². The summed E-state index contributed by atoms with van der Waals surface area (Å²) in [6.07, 6.45) is 3.06. The number of benzene rings is 1. The monoisotopic (exact) mass is 430 g/mol. The molecule has 160 valence electrons. The molecule has 1 aromatic heterocycles. The topological polar surface area (TPSA) is 83.6 Å². The molecule has 2 heterocycles. The number of likely N-dealkylation sites (tertiary alicyclic amines) is 1. The van der Waals surface area contributed by atoms with Crippen molar-refractivity contribution in [2.24, 2.45) is 5.92 Å². The maximum absolute atomic E-state index is 12.7. The van der Waals surface area contributed by atoms with Crippen molar-refractivity contribution in [1.29, 1.82) is 0 Å². The first kappa shape index (κ1) is 22.1. The Hall–Kier alpha value is -2.64. The summed E-state index contributed by atoms with van der Waals surface area (Å²) in [6, 6.07) is 8.50. The second kappa shape index (κ2) is 9.91. The Kier molecular flexibility index (Phi) is 7.29. The first-order chi connectivity index (χ1) is 14.4. The summed E-state index contributed by atoms with van der Waals surface area (Å²) in [5.74, 6) is 0.883. The Morgan fingerprint density at radius 3 is 2.60 bits per heavy atom. The Balaban J connectivity index is 1.53. The quantitative estimate of drug-likeness (QED) is 0.729. The summed E-state index contributed by atoms with van der Waals surface area (Å²) < 4.78 is 5.29. The first-order valence-electron chi connectivity index (χ1n) is 9.99. The van der Waals surface area contributed by atoms with Crippen molar-refractivity contribution in [3.63, 3.8) is 0 Å². The largest absolute Gasteiger partial charge is 0.495 e. The van der Waals surface area contributed by atoms with Gasteiger partial charge in [0.15, 0.2) is 0 Å². The fourth-order valence-electron chi connectivity index (χ4n) is 3.56. The number of piperidine rings is 1. The Labute approximate surface area is 181 Å². The standard InChI is InChI=1S/C22H27ClN4O3/c1-14-6-9-24-20(12-14)26-22(29)16-7-10-27(11-8-16)15(2)21(28)25-18-13-17(23)4-5-19(18)30-3/h4-6,9,12-13,15-16H,7-8,10-11H2,1-3H3,(H,25,28)(H,24,26,29).